The number of aryl methyl sites for hydroxylation is 3. The maximum atomic E-state index is 13.0. The van der Waals surface area contributed by atoms with E-state index in [1.807, 2.05) is 11.6 Å². The highest BCUT2D eigenvalue weighted by atomic mass is 32.1. The Morgan fingerprint density at radius 1 is 1.11 bits per heavy atom. The summed E-state index contributed by atoms with van der Waals surface area (Å²) in [5, 5.41) is 2.90. The van der Waals surface area contributed by atoms with E-state index in [4.69, 9.17) is 9.47 Å². The van der Waals surface area contributed by atoms with E-state index < -0.39 is 12.0 Å². The topological polar surface area (TPSA) is 82.5 Å². The van der Waals surface area contributed by atoms with Gasteiger partial charge in [0.25, 0.3) is 0 Å². The molecule has 2 aromatic heterocycles. The van der Waals surface area contributed by atoms with E-state index >= 15 is 0 Å². The molecule has 0 fully saturated rings. The molecule has 5 rings (SSSR count). The van der Waals surface area contributed by atoms with Crippen LogP contribution in [0, 0.1) is 0 Å². The number of rotatable bonds is 10. The van der Waals surface area contributed by atoms with Gasteiger partial charge in [-0.2, -0.15) is 0 Å². The molecule has 8 heteroatoms. The summed E-state index contributed by atoms with van der Waals surface area (Å²) in [5.74, 6) is 0.317. The van der Waals surface area contributed by atoms with Crippen LogP contribution in [0.2, 0.25) is 0 Å². The fourth-order valence-corrected chi connectivity index (χ4v) is 5.99. The lowest BCUT2D eigenvalue weighted by atomic mass is 9.90. The van der Waals surface area contributed by atoms with Crippen LogP contribution in [-0.2, 0) is 33.6 Å². The molecule has 1 amide bonds. The number of benzene rings is 2. The van der Waals surface area contributed by atoms with Crippen LogP contribution in [0.1, 0.15) is 49.4 Å². The van der Waals surface area contributed by atoms with Gasteiger partial charge in [0.1, 0.15) is 11.8 Å². The first-order chi connectivity index (χ1) is 18.5. The van der Waals surface area contributed by atoms with Crippen LogP contribution in [0.4, 0.5) is 0 Å². The summed E-state index contributed by atoms with van der Waals surface area (Å²) in [7, 11) is 3.05. The van der Waals surface area contributed by atoms with Crippen LogP contribution in [0.5, 0.6) is 5.75 Å². The number of hydrogen-bond acceptors (Lipinski definition) is 6. The minimum Gasteiger partial charge on any atom is -0.497 e. The molecule has 0 radical (unpaired) electrons. The number of thiazole rings is 1. The lowest BCUT2D eigenvalue weighted by Gasteiger charge is -2.21. The number of nitrogens with one attached hydrogen (secondary N) is 1. The van der Waals surface area contributed by atoms with E-state index in [0.717, 1.165) is 53.0 Å². The molecule has 38 heavy (non-hydrogen) atoms. The van der Waals surface area contributed by atoms with Crippen LogP contribution in [0.25, 0.3) is 27.2 Å². The van der Waals surface area contributed by atoms with Crippen LogP contribution in [0.15, 0.2) is 48.0 Å². The first kappa shape index (κ1) is 26.0. The summed E-state index contributed by atoms with van der Waals surface area (Å²) in [4.78, 5) is 29.6. The van der Waals surface area contributed by atoms with Gasteiger partial charge in [-0.3, -0.25) is 4.79 Å². The van der Waals surface area contributed by atoms with Crippen molar-refractivity contribution in [3.63, 3.8) is 0 Å². The maximum absolute atomic E-state index is 13.0. The highest BCUT2D eigenvalue weighted by Crippen LogP contribution is 2.40. The van der Waals surface area contributed by atoms with Crippen LogP contribution in [-0.4, -0.2) is 41.7 Å². The third-order valence-corrected chi connectivity index (χ3v) is 8.03. The molecule has 1 aliphatic rings. The summed E-state index contributed by atoms with van der Waals surface area (Å²) in [6.45, 7) is 2.06. The van der Waals surface area contributed by atoms with Crippen molar-refractivity contribution in [2.45, 2.75) is 57.9 Å². The number of aromatic nitrogens is 2. The van der Waals surface area contributed by atoms with Gasteiger partial charge in [0.2, 0.25) is 5.91 Å². The van der Waals surface area contributed by atoms with Crippen LogP contribution >= 0.6 is 11.3 Å². The fourth-order valence-electron chi connectivity index (χ4n) is 5.28. The SMILES string of the molecule is CCCCC(NC(=O)CCc1cc2c(n1-c1ccc3ncsc3c1)-c1ccc(OC)cc1CC2)C(=O)OC. The Labute approximate surface area is 226 Å². The molecular formula is C30H33N3O4S. The summed E-state index contributed by atoms with van der Waals surface area (Å²) in [6, 6.07) is 14.2. The zero-order valence-corrected chi connectivity index (χ0v) is 22.9. The molecule has 7 nitrogen and oxygen atoms in total. The molecule has 0 saturated heterocycles. The summed E-state index contributed by atoms with van der Waals surface area (Å²) < 4.78 is 13.8. The predicted molar refractivity (Wildman–Crippen MR) is 150 cm³/mol. The molecule has 4 aromatic rings. The van der Waals surface area contributed by atoms with Gasteiger partial charge in [0, 0.05) is 23.4 Å². The molecule has 0 bridgehead atoms. The van der Waals surface area contributed by atoms with E-state index in [2.05, 4.69) is 58.2 Å². The smallest absolute Gasteiger partial charge is 0.328 e. The number of hydrogen-bond donors (Lipinski definition) is 1. The monoisotopic (exact) mass is 531 g/mol. The van der Waals surface area contributed by atoms with Crippen molar-refractivity contribution >= 4 is 33.4 Å². The normalized spacial score (nSPS) is 13.0. The maximum Gasteiger partial charge on any atom is 0.328 e. The minimum atomic E-state index is -0.608. The van der Waals surface area contributed by atoms with Crippen molar-refractivity contribution in [3.05, 3.63) is 64.8 Å². The average Bonchev–Trinajstić information content (AvgIpc) is 3.57. The molecule has 1 N–H and O–H groups in total. The molecule has 198 valence electrons. The lowest BCUT2D eigenvalue weighted by Crippen LogP contribution is -2.41. The Balaban J connectivity index is 1.48. The van der Waals surface area contributed by atoms with Gasteiger partial charge in [-0.15, -0.1) is 11.3 Å². The molecule has 1 atom stereocenters. The molecule has 2 heterocycles. The van der Waals surface area contributed by atoms with E-state index in [1.54, 1.807) is 18.4 Å². The number of carbonyl (C=O) groups is 2. The van der Waals surface area contributed by atoms with Crippen LogP contribution < -0.4 is 10.1 Å². The molecule has 0 spiro atoms. The Bertz CT molecular complexity index is 1470. The number of ether oxygens (including phenoxy) is 2. The number of amides is 1. The summed E-state index contributed by atoms with van der Waals surface area (Å²) in [5.41, 5.74) is 9.86. The fraction of sp³-hybridized carbons (Fsp3) is 0.367. The lowest BCUT2D eigenvalue weighted by molar-refractivity contribution is -0.145. The average molecular weight is 532 g/mol. The minimum absolute atomic E-state index is 0.148. The Morgan fingerprint density at radius 3 is 2.74 bits per heavy atom. The second-order valence-electron chi connectivity index (χ2n) is 9.66. The number of esters is 1. The Morgan fingerprint density at radius 2 is 1.95 bits per heavy atom. The van der Waals surface area contributed by atoms with E-state index in [9.17, 15) is 9.59 Å². The van der Waals surface area contributed by atoms with Gasteiger partial charge in [-0.1, -0.05) is 19.8 Å². The molecule has 0 aliphatic heterocycles. The largest absolute Gasteiger partial charge is 0.497 e. The first-order valence-electron chi connectivity index (χ1n) is 13.1. The third-order valence-electron chi connectivity index (χ3n) is 7.24. The summed E-state index contributed by atoms with van der Waals surface area (Å²) in [6.07, 6.45) is 5.06. The number of carbonyl (C=O) groups excluding carboxylic acids is 2. The van der Waals surface area contributed by atoms with Gasteiger partial charge in [0.05, 0.1) is 35.6 Å². The zero-order valence-electron chi connectivity index (χ0n) is 22.1. The van der Waals surface area contributed by atoms with Crippen LogP contribution in [0.3, 0.4) is 0 Å². The van der Waals surface area contributed by atoms with Gasteiger partial charge < -0.3 is 19.4 Å². The van der Waals surface area contributed by atoms with Gasteiger partial charge in [-0.25, -0.2) is 9.78 Å². The van der Waals surface area contributed by atoms with Gasteiger partial charge >= 0.3 is 5.97 Å². The van der Waals surface area contributed by atoms with E-state index in [-0.39, 0.29) is 12.3 Å². The van der Waals surface area contributed by atoms with E-state index in [1.165, 1.54) is 29.5 Å². The number of nitrogens with zero attached hydrogens (tertiary/aromatic N) is 2. The Hall–Kier alpha value is -3.65. The number of methoxy groups -OCH3 is 2. The Kier molecular flexibility index (Phi) is 7.79. The highest BCUT2D eigenvalue weighted by Gasteiger charge is 2.26. The highest BCUT2D eigenvalue weighted by molar-refractivity contribution is 7.16. The molecule has 1 unspecified atom stereocenters. The second-order valence-corrected chi connectivity index (χ2v) is 10.5. The molecule has 1 aliphatic carbocycles. The first-order valence-corrected chi connectivity index (χ1v) is 14.0. The van der Waals surface area contributed by atoms with Crippen molar-refractivity contribution in [3.8, 4) is 22.7 Å². The van der Waals surface area contributed by atoms with Gasteiger partial charge in [-0.05, 0) is 79.3 Å². The van der Waals surface area contributed by atoms with Crippen molar-refractivity contribution < 1.29 is 19.1 Å². The molecule has 2 aromatic carbocycles. The number of fused-ring (bicyclic) bond motifs is 4. The predicted octanol–water partition coefficient (Wildman–Crippen LogP) is 5.64. The van der Waals surface area contributed by atoms with Gasteiger partial charge in [0.15, 0.2) is 0 Å². The second kappa shape index (κ2) is 11.4. The standard InChI is InChI=1S/C30H33N3O4S/c1-4-5-6-26(30(35)37-3)32-28(34)14-10-21-15-20-8-7-19-16-23(36-2)11-12-24(19)29(20)33(21)22-9-13-25-27(17-22)38-18-31-25/h9,11-13,15-18,26H,4-8,10,14H2,1-3H3,(H,32,34). The van der Waals surface area contributed by atoms with Crippen molar-refractivity contribution in [2.24, 2.45) is 0 Å². The van der Waals surface area contributed by atoms with Crippen molar-refractivity contribution in [1.29, 1.82) is 0 Å². The van der Waals surface area contributed by atoms with E-state index in [0.29, 0.717) is 12.8 Å². The zero-order chi connectivity index (χ0) is 26.6. The van der Waals surface area contributed by atoms with Crippen molar-refractivity contribution in [1.82, 2.24) is 14.9 Å². The molecule has 0 saturated carbocycles. The number of unbranched alkanes of at least 4 members (excludes halogenated alkanes) is 1. The van der Waals surface area contributed by atoms with Crippen molar-refractivity contribution in [2.75, 3.05) is 14.2 Å². The quantitative estimate of drug-likeness (QED) is 0.268. The molecular weight excluding hydrogens is 498 g/mol. The third kappa shape index (κ3) is 5.18. The summed E-state index contributed by atoms with van der Waals surface area (Å²) >= 11 is 1.62.